The molecule has 0 unspecified atom stereocenters. The number of hydrogen-bond donors (Lipinski definition) is 4. The van der Waals surface area contributed by atoms with Gasteiger partial charge in [-0.25, -0.2) is 4.79 Å². The van der Waals surface area contributed by atoms with E-state index in [0.29, 0.717) is 31.5 Å². The zero-order valence-corrected chi connectivity index (χ0v) is 19.7. The number of aliphatic hydroxyl groups is 3. The van der Waals surface area contributed by atoms with E-state index in [-0.39, 0.29) is 29.4 Å². The van der Waals surface area contributed by atoms with E-state index in [4.69, 9.17) is 27.2 Å². The molecule has 3 aliphatic rings. The lowest BCUT2D eigenvalue weighted by Gasteiger charge is -2.49. The van der Waals surface area contributed by atoms with Crippen LogP contribution in [-0.2, 0) is 20.7 Å². The van der Waals surface area contributed by atoms with Gasteiger partial charge in [-0.3, -0.25) is 4.90 Å². The topological polar surface area (TPSA) is 138 Å². The zero-order valence-electron chi connectivity index (χ0n) is 25.7. The summed E-state index contributed by atoms with van der Waals surface area (Å²) < 4.78 is 66.9. The van der Waals surface area contributed by atoms with Crippen molar-refractivity contribution in [3.8, 4) is 11.5 Å². The molecule has 0 amide bonds. The van der Waals surface area contributed by atoms with Crippen molar-refractivity contribution in [3.63, 3.8) is 0 Å². The third-order valence-electron chi connectivity index (χ3n) is 7.24. The van der Waals surface area contributed by atoms with E-state index >= 15 is 0 Å². The van der Waals surface area contributed by atoms with Gasteiger partial charge in [0.15, 0.2) is 23.9 Å². The molecule has 4 N–H and O–H groups in total. The Hall–Kier alpha value is -1.95. The number of fused-ring (bicyclic) bond motifs is 3. The molecule has 4 rings (SSSR count). The quantitative estimate of drug-likeness (QED) is 0.427. The maximum Gasteiger partial charge on any atom is 0.335 e. The second kappa shape index (κ2) is 10.6. The fourth-order valence-corrected chi connectivity index (χ4v) is 5.58. The Morgan fingerprint density at radius 2 is 1.89 bits per heavy atom. The van der Waals surface area contributed by atoms with Gasteiger partial charge in [-0.05, 0) is 54.4 Å². The fraction of sp³-hybridized carbons (Fsp3) is 0.720. The summed E-state index contributed by atoms with van der Waals surface area (Å²) in [5.41, 5.74) is 1.46. The van der Waals surface area contributed by atoms with E-state index in [1.807, 2.05) is 13.8 Å². The molecule has 8 atom stereocenters. The number of carbonyl (C=O) groups is 1. The number of piperidine rings is 1. The van der Waals surface area contributed by atoms with Crippen molar-refractivity contribution >= 4 is 5.97 Å². The van der Waals surface area contributed by atoms with Crippen LogP contribution in [0.2, 0.25) is 0 Å². The van der Waals surface area contributed by atoms with Crippen molar-refractivity contribution < 1.29 is 52.4 Å². The molecule has 2 fully saturated rings. The highest BCUT2D eigenvalue weighted by Gasteiger charge is 2.49. The van der Waals surface area contributed by atoms with Crippen LogP contribution in [0.3, 0.4) is 0 Å². The van der Waals surface area contributed by atoms with Crippen molar-refractivity contribution in [2.24, 2.45) is 11.8 Å². The van der Waals surface area contributed by atoms with Gasteiger partial charge < -0.3 is 39.4 Å². The molecule has 0 bridgehead atoms. The van der Waals surface area contributed by atoms with E-state index in [1.54, 1.807) is 0 Å². The molecule has 2 saturated heterocycles. The van der Waals surface area contributed by atoms with E-state index in [1.165, 1.54) is 12.1 Å². The first-order valence-electron chi connectivity index (χ1n) is 14.8. The second-order valence-corrected chi connectivity index (χ2v) is 10.00. The first kappa shape index (κ1) is 19.2. The fourth-order valence-electron chi connectivity index (χ4n) is 5.58. The Morgan fingerprint density at radius 1 is 1.17 bits per heavy atom. The summed E-state index contributed by atoms with van der Waals surface area (Å²) in [4.78, 5) is 13.8. The number of aliphatic carboxylic acids is 1. The third-order valence-corrected chi connectivity index (χ3v) is 7.24. The minimum atomic E-state index is -2.86. The normalized spacial score (nSPS) is 38.6. The van der Waals surface area contributed by atoms with E-state index < -0.39 is 56.9 Å². The molecule has 0 aromatic heterocycles. The van der Waals surface area contributed by atoms with Crippen LogP contribution in [0.5, 0.6) is 11.5 Å². The summed E-state index contributed by atoms with van der Waals surface area (Å²) in [7, 11) is -5.70. The van der Waals surface area contributed by atoms with Crippen molar-refractivity contribution in [3.05, 3.63) is 23.3 Å². The lowest BCUT2D eigenvalue weighted by molar-refractivity contribution is -0.312. The predicted molar refractivity (Wildman–Crippen MR) is 124 cm³/mol. The monoisotopic (exact) mass is 501 g/mol. The number of rotatable bonds is 7. The second-order valence-electron chi connectivity index (χ2n) is 10.00. The zero-order chi connectivity index (χ0) is 30.4. The van der Waals surface area contributed by atoms with Crippen molar-refractivity contribution in [2.75, 3.05) is 27.2 Å². The molecule has 1 aromatic rings. The molecule has 196 valence electrons. The largest absolute Gasteiger partial charge is 0.493 e. The predicted octanol–water partition coefficient (Wildman–Crippen LogP) is 0.946. The van der Waals surface area contributed by atoms with Gasteiger partial charge in [-0.1, -0.05) is 13.8 Å². The number of nitrogens with zero attached hydrogens (tertiary/aromatic N) is 1. The highest BCUT2D eigenvalue weighted by atomic mass is 16.7. The summed E-state index contributed by atoms with van der Waals surface area (Å²) in [5, 5.41) is 40.3. The summed E-state index contributed by atoms with van der Waals surface area (Å²) in [6.45, 7) is 5.28. The highest BCUT2D eigenvalue weighted by Crippen LogP contribution is 2.45. The van der Waals surface area contributed by atoms with Gasteiger partial charge in [0.1, 0.15) is 18.3 Å². The molecule has 0 saturated carbocycles. The number of aliphatic hydroxyl groups excluding tert-OH is 3. The number of ether oxygens (including phenoxy) is 4. The van der Waals surface area contributed by atoms with Crippen LogP contribution in [-0.4, -0.2) is 95.3 Å². The Bertz CT molecular complexity index is 1100. The highest BCUT2D eigenvalue weighted by molar-refractivity contribution is 5.73. The van der Waals surface area contributed by atoms with E-state index in [9.17, 15) is 25.2 Å². The van der Waals surface area contributed by atoms with Gasteiger partial charge in [-0.15, -0.1) is 0 Å². The van der Waals surface area contributed by atoms with Crippen LogP contribution < -0.4 is 9.47 Å². The van der Waals surface area contributed by atoms with Crippen LogP contribution in [0.25, 0.3) is 0 Å². The molecule has 3 heterocycles. The molecule has 3 aliphatic heterocycles. The van der Waals surface area contributed by atoms with Crippen molar-refractivity contribution in [1.82, 2.24) is 4.90 Å². The van der Waals surface area contributed by atoms with Gasteiger partial charge in [0.05, 0.1) is 28.4 Å². The number of benzene rings is 1. The molecule has 0 spiro atoms. The molecular formula is C25H37NO9. The summed E-state index contributed by atoms with van der Waals surface area (Å²) in [6, 6.07) is 2.64. The molecule has 10 heteroatoms. The molecular weight excluding hydrogens is 458 g/mol. The Balaban J connectivity index is 1.66. The molecule has 1 aromatic carbocycles. The standard InChI is InChI=1S/C25H37NO9/c1-12(2)7-14-11-26-6-5-13-8-18(32-3)19(33-4)9-15(13)16(26)10-17(14)34-25-22(29)20(27)21(28)23(35-25)24(30)31/h8-9,12,14,16-17,20-23,25,27-29H,5-7,10-11H2,1-4H3,(H,30,31)/t14-,16-,17-,20-,21-,22+,23-,25+/m0/s1/i3D3,4D3. The van der Waals surface area contributed by atoms with Gasteiger partial charge in [-0.2, -0.15) is 0 Å². The van der Waals surface area contributed by atoms with Gasteiger partial charge in [0, 0.05) is 19.1 Å². The van der Waals surface area contributed by atoms with Crippen LogP contribution in [0.15, 0.2) is 12.1 Å². The first-order chi connectivity index (χ1) is 18.9. The van der Waals surface area contributed by atoms with E-state index in [2.05, 4.69) is 4.90 Å². The lowest BCUT2D eigenvalue weighted by Crippen LogP contribution is -2.61. The minimum Gasteiger partial charge on any atom is -0.493 e. The van der Waals surface area contributed by atoms with Crippen LogP contribution in [0.1, 0.15) is 52.1 Å². The average molecular weight is 502 g/mol. The Labute approximate surface area is 213 Å². The van der Waals surface area contributed by atoms with Gasteiger partial charge in [0.2, 0.25) is 0 Å². The first-order valence-corrected chi connectivity index (χ1v) is 11.8. The molecule has 0 radical (unpaired) electrons. The lowest BCUT2D eigenvalue weighted by atomic mass is 9.79. The van der Waals surface area contributed by atoms with Crippen LogP contribution in [0.4, 0.5) is 0 Å². The van der Waals surface area contributed by atoms with Gasteiger partial charge >= 0.3 is 5.97 Å². The van der Waals surface area contributed by atoms with E-state index in [0.717, 1.165) is 12.0 Å². The van der Waals surface area contributed by atoms with Crippen LogP contribution >= 0.6 is 0 Å². The Morgan fingerprint density at radius 3 is 2.54 bits per heavy atom. The smallest absolute Gasteiger partial charge is 0.335 e. The molecule has 10 nitrogen and oxygen atoms in total. The number of methoxy groups -OCH3 is 2. The average Bonchev–Trinajstić information content (AvgIpc) is 2.82. The summed E-state index contributed by atoms with van der Waals surface area (Å²) in [6.07, 6.45) is -7.62. The maximum absolute atomic E-state index is 11.6. The Kier molecular flexibility index (Phi) is 5.80. The molecule has 35 heavy (non-hydrogen) atoms. The molecule has 0 aliphatic carbocycles. The number of carboxylic acids is 1. The maximum atomic E-state index is 11.6. The van der Waals surface area contributed by atoms with Crippen molar-refractivity contribution in [2.45, 2.75) is 76.0 Å². The van der Waals surface area contributed by atoms with Crippen LogP contribution in [0, 0.1) is 11.8 Å². The summed E-state index contributed by atoms with van der Waals surface area (Å²) >= 11 is 0. The number of hydrogen-bond acceptors (Lipinski definition) is 9. The SMILES string of the molecule is [2H]C([2H])([2H])Oc1cc2c(cc1OC([2H])([2H])[2H])[C@@H]1C[C@H](O[C@@H]3O[C@H](C(=O)O)[C@@H](O)[C@H](O)[C@H]3O)[C@@H](CC(C)C)CN1CC2. The van der Waals surface area contributed by atoms with Crippen molar-refractivity contribution in [1.29, 1.82) is 0 Å². The minimum absolute atomic E-state index is 0.0628. The van der Waals surface area contributed by atoms with Gasteiger partial charge in [0.25, 0.3) is 0 Å². The number of carboxylic acid groups (broad SMARTS) is 1. The summed E-state index contributed by atoms with van der Waals surface area (Å²) in [5.74, 6) is -1.75. The third kappa shape index (κ3) is 5.14.